The molecule has 0 aliphatic heterocycles. The zero-order chi connectivity index (χ0) is 15.6. The molecule has 0 N–H and O–H groups in total. The van der Waals surface area contributed by atoms with Crippen molar-refractivity contribution in [1.29, 1.82) is 0 Å². The van der Waals surface area contributed by atoms with Gasteiger partial charge in [0.25, 0.3) is 0 Å². The molecule has 0 aliphatic carbocycles. The summed E-state index contributed by atoms with van der Waals surface area (Å²) in [5, 5.41) is 0.691. The van der Waals surface area contributed by atoms with Gasteiger partial charge in [0.15, 0.2) is 0 Å². The fourth-order valence-electron chi connectivity index (χ4n) is 2.00. The summed E-state index contributed by atoms with van der Waals surface area (Å²) >= 11 is 1.37. The largest absolute Gasteiger partial charge is 0.416 e. The molecule has 22 heavy (non-hydrogen) atoms. The van der Waals surface area contributed by atoms with Gasteiger partial charge in [0.1, 0.15) is 5.03 Å². The maximum absolute atomic E-state index is 12.7. The minimum absolute atomic E-state index is 0.414. The molecule has 0 spiro atoms. The van der Waals surface area contributed by atoms with Crippen LogP contribution in [-0.2, 0) is 11.9 Å². The molecule has 1 aromatic heterocycles. The van der Waals surface area contributed by atoms with Crippen molar-refractivity contribution in [2.45, 2.75) is 17.0 Å². The molecule has 0 radical (unpaired) electrons. The summed E-state index contributed by atoms with van der Waals surface area (Å²) in [4.78, 5) is 8.73. The highest BCUT2D eigenvalue weighted by molar-refractivity contribution is 7.98. The Labute approximate surface area is 129 Å². The summed E-state index contributed by atoms with van der Waals surface area (Å²) in [6, 6.07) is 12.8. The fraction of sp³-hybridized carbons (Fsp3) is 0.125. The summed E-state index contributed by atoms with van der Waals surface area (Å²) in [5.74, 6) is 0.414. The highest BCUT2D eigenvalue weighted by Crippen LogP contribution is 2.31. The third kappa shape index (κ3) is 3.39. The van der Waals surface area contributed by atoms with E-state index < -0.39 is 11.7 Å². The van der Waals surface area contributed by atoms with Crippen molar-refractivity contribution in [1.82, 2.24) is 9.97 Å². The van der Waals surface area contributed by atoms with Gasteiger partial charge in [0, 0.05) is 5.75 Å². The highest BCUT2D eigenvalue weighted by atomic mass is 32.2. The normalized spacial score (nSPS) is 11.8. The van der Waals surface area contributed by atoms with Crippen LogP contribution in [0.5, 0.6) is 0 Å². The standard InChI is InChI=1S/C16H11F3N2S/c17-16(18,19)12-5-3-4-11(8-12)10-22-15-9-20-13-6-1-2-7-14(13)21-15/h1-9H,10H2. The minimum Gasteiger partial charge on any atom is -0.252 e. The van der Waals surface area contributed by atoms with Gasteiger partial charge in [-0.25, -0.2) is 4.98 Å². The maximum atomic E-state index is 12.7. The average Bonchev–Trinajstić information content (AvgIpc) is 2.52. The van der Waals surface area contributed by atoms with Gasteiger partial charge >= 0.3 is 6.18 Å². The summed E-state index contributed by atoms with van der Waals surface area (Å²) in [6.07, 6.45) is -2.68. The molecule has 0 saturated carbocycles. The Morgan fingerprint density at radius 1 is 0.955 bits per heavy atom. The summed E-state index contributed by atoms with van der Waals surface area (Å²) in [6.45, 7) is 0. The first-order valence-corrected chi connectivity index (χ1v) is 7.52. The first kappa shape index (κ1) is 14.8. The third-order valence-corrected chi connectivity index (χ3v) is 4.04. The Balaban J connectivity index is 1.76. The summed E-state index contributed by atoms with van der Waals surface area (Å²) in [5.41, 5.74) is 1.55. The lowest BCUT2D eigenvalue weighted by Gasteiger charge is -2.08. The lowest BCUT2D eigenvalue weighted by molar-refractivity contribution is -0.137. The van der Waals surface area contributed by atoms with Crippen molar-refractivity contribution in [2.24, 2.45) is 0 Å². The molecule has 2 nitrogen and oxygen atoms in total. The quantitative estimate of drug-likeness (QED) is 0.639. The van der Waals surface area contributed by atoms with Crippen LogP contribution < -0.4 is 0 Å². The lowest BCUT2D eigenvalue weighted by Crippen LogP contribution is -2.04. The molecule has 3 rings (SSSR count). The topological polar surface area (TPSA) is 25.8 Å². The van der Waals surface area contributed by atoms with Crippen LogP contribution in [0.3, 0.4) is 0 Å². The maximum Gasteiger partial charge on any atom is 0.416 e. The molecule has 0 atom stereocenters. The Hall–Kier alpha value is -2.08. The van der Waals surface area contributed by atoms with Crippen LogP contribution in [0.1, 0.15) is 11.1 Å². The average molecular weight is 320 g/mol. The van der Waals surface area contributed by atoms with Gasteiger partial charge in [-0.3, -0.25) is 4.98 Å². The van der Waals surface area contributed by atoms with E-state index in [1.165, 1.54) is 23.9 Å². The molecule has 0 bridgehead atoms. The fourth-order valence-corrected chi connectivity index (χ4v) is 2.79. The van der Waals surface area contributed by atoms with Crippen molar-refractivity contribution in [3.8, 4) is 0 Å². The Morgan fingerprint density at radius 3 is 2.50 bits per heavy atom. The Kier molecular flexibility index (Phi) is 4.02. The number of hydrogen-bond donors (Lipinski definition) is 0. The van der Waals surface area contributed by atoms with Crippen LogP contribution in [0.4, 0.5) is 13.2 Å². The monoisotopic (exact) mass is 320 g/mol. The molecule has 6 heteroatoms. The lowest BCUT2D eigenvalue weighted by atomic mass is 10.1. The summed E-state index contributed by atoms with van der Waals surface area (Å²) in [7, 11) is 0. The van der Waals surface area contributed by atoms with Crippen molar-refractivity contribution in [3.63, 3.8) is 0 Å². The third-order valence-electron chi connectivity index (χ3n) is 3.07. The van der Waals surface area contributed by atoms with Gasteiger partial charge in [-0.2, -0.15) is 13.2 Å². The van der Waals surface area contributed by atoms with Gasteiger partial charge in [-0.05, 0) is 23.8 Å². The van der Waals surface area contributed by atoms with Gasteiger partial charge in [0.2, 0.25) is 0 Å². The van der Waals surface area contributed by atoms with E-state index in [-0.39, 0.29) is 0 Å². The second kappa shape index (κ2) is 5.96. The van der Waals surface area contributed by atoms with Crippen molar-refractivity contribution < 1.29 is 13.2 Å². The second-order valence-electron chi connectivity index (χ2n) is 4.68. The Bertz CT molecular complexity index is 802. The minimum atomic E-state index is -4.32. The number of aromatic nitrogens is 2. The van der Waals surface area contributed by atoms with Crippen LogP contribution in [0, 0.1) is 0 Å². The molecule has 0 fully saturated rings. The van der Waals surface area contributed by atoms with Crippen molar-refractivity contribution >= 4 is 22.8 Å². The number of fused-ring (bicyclic) bond motifs is 1. The molecule has 0 amide bonds. The molecule has 2 aromatic carbocycles. The van der Waals surface area contributed by atoms with E-state index in [9.17, 15) is 13.2 Å². The van der Waals surface area contributed by atoms with Gasteiger partial charge in [-0.1, -0.05) is 30.3 Å². The van der Waals surface area contributed by atoms with E-state index in [4.69, 9.17) is 0 Å². The summed E-state index contributed by atoms with van der Waals surface area (Å²) < 4.78 is 38.0. The number of para-hydroxylation sites is 2. The van der Waals surface area contributed by atoms with Gasteiger partial charge < -0.3 is 0 Å². The number of halogens is 3. The van der Waals surface area contributed by atoms with E-state index in [2.05, 4.69) is 9.97 Å². The van der Waals surface area contributed by atoms with E-state index in [1.807, 2.05) is 24.3 Å². The first-order chi connectivity index (χ1) is 10.5. The number of rotatable bonds is 3. The SMILES string of the molecule is FC(F)(F)c1cccc(CSc2cnc3ccccc3n2)c1. The van der Waals surface area contributed by atoms with Gasteiger partial charge in [-0.15, -0.1) is 11.8 Å². The van der Waals surface area contributed by atoms with E-state index in [0.717, 1.165) is 17.1 Å². The molecule has 3 aromatic rings. The first-order valence-electron chi connectivity index (χ1n) is 6.53. The van der Waals surface area contributed by atoms with Crippen LogP contribution in [0.2, 0.25) is 0 Å². The van der Waals surface area contributed by atoms with Crippen molar-refractivity contribution in [3.05, 3.63) is 65.9 Å². The van der Waals surface area contributed by atoms with Crippen LogP contribution in [-0.4, -0.2) is 9.97 Å². The zero-order valence-corrected chi connectivity index (χ0v) is 12.2. The van der Waals surface area contributed by atoms with Crippen molar-refractivity contribution in [2.75, 3.05) is 0 Å². The molecular weight excluding hydrogens is 309 g/mol. The molecule has 0 unspecified atom stereocenters. The van der Waals surface area contributed by atoms with Gasteiger partial charge in [0.05, 0.1) is 22.8 Å². The number of alkyl halides is 3. The van der Waals surface area contributed by atoms with Crippen LogP contribution >= 0.6 is 11.8 Å². The number of hydrogen-bond acceptors (Lipinski definition) is 3. The van der Waals surface area contributed by atoms with Crippen LogP contribution in [0.15, 0.2) is 59.8 Å². The highest BCUT2D eigenvalue weighted by Gasteiger charge is 2.30. The number of nitrogens with zero attached hydrogens (tertiary/aromatic N) is 2. The van der Waals surface area contributed by atoms with E-state index >= 15 is 0 Å². The molecule has 0 aliphatic rings. The predicted molar refractivity (Wildman–Crippen MR) is 80.5 cm³/mol. The number of thioether (sulfide) groups is 1. The smallest absolute Gasteiger partial charge is 0.252 e. The molecule has 0 saturated heterocycles. The molecule has 112 valence electrons. The second-order valence-corrected chi connectivity index (χ2v) is 5.68. The Morgan fingerprint density at radius 2 is 1.73 bits per heavy atom. The molecule has 1 heterocycles. The van der Waals surface area contributed by atoms with Crippen LogP contribution in [0.25, 0.3) is 11.0 Å². The predicted octanol–water partition coefficient (Wildman–Crippen LogP) is 4.94. The van der Waals surface area contributed by atoms with E-state index in [0.29, 0.717) is 16.3 Å². The zero-order valence-electron chi connectivity index (χ0n) is 11.3. The van der Waals surface area contributed by atoms with E-state index in [1.54, 1.807) is 12.3 Å². The number of benzene rings is 2. The molecular formula is C16H11F3N2S.